The Morgan fingerprint density at radius 3 is 2.81 bits per heavy atom. The predicted octanol–water partition coefficient (Wildman–Crippen LogP) is 3.52. The molecule has 5 heteroatoms. The fourth-order valence-electron chi connectivity index (χ4n) is 1.38. The van der Waals surface area contributed by atoms with Crippen molar-refractivity contribution in [3.63, 3.8) is 0 Å². The average Bonchev–Trinajstić information content (AvgIpc) is 2.22. The summed E-state index contributed by atoms with van der Waals surface area (Å²) in [6.07, 6.45) is 1.39. The van der Waals surface area contributed by atoms with E-state index < -0.39 is 5.97 Å². The fraction of sp³-hybridized carbons (Fsp3) is 0.364. The number of rotatable bonds is 5. The molecule has 0 aliphatic rings. The minimum Gasteiger partial charge on any atom is -0.496 e. The molecule has 0 heterocycles. The zero-order valence-corrected chi connectivity index (χ0v) is 11.1. The highest BCUT2D eigenvalue weighted by molar-refractivity contribution is 9.10. The molecule has 0 atom stereocenters. The Kier molecular flexibility index (Phi) is 5.09. The van der Waals surface area contributed by atoms with Crippen molar-refractivity contribution in [2.24, 2.45) is 0 Å². The monoisotopic (exact) mass is 306 g/mol. The molecule has 0 aliphatic carbocycles. The van der Waals surface area contributed by atoms with Gasteiger partial charge < -0.3 is 9.84 Å². The predicted molar refractivity (Wildman–Crippen MR) is 66.3 cm³/mol. The minimum atomic E-state index is -0.787. The Morgan fingerprint density at radius 1 is 1.56 bits per heavy atom. The van der Waals surface area contributed by atoms with Crippen molar-refractivity contribution in [2.45, 2.75) is 19.3 Å². The number of hydrogen-bond donors (Lipinski definition) is 1. The zero-order valence-electron chi connectivity index (χ0n) is 8.80. The summed E-state index contributed by atoms with van der Waals surface area (Å²) in [5, 5.41) is 9.14. The van der Waals surface area contributed by atoms with Gasteiger partial charge in [0.15, 0.2) is 0 Å². The molecule has 0 amide bonds. The second-order valence-corrected chi connectivity index (χ2v) is 4.56. The third kappa shape index (κ3) is 3.68. The van der Waals surface area contributed by atoms with Gasteiger partial charge in [-0.15, -0.1) is 0 Å². The number of benzene rings is 1. The number of carboxylic acid groups (broad SMARTS) is 1. The van der Waals surface area contributed by atoms with Crippen LogP contribution in [0.15, 0.2) is 16.6 Å². The van der Waals surface area contributed by atoms with E-state index in [4.69, 9.17) is 21.4 Å². The quantitative estimate of drug-likeness (QED) is 0.905. The first kappa shape index (κ1) is 13.3. The Morgan fingerprint density at radius 2 is 2.25 bits per heavy atom. The maximum atomic E-state index is 10.4. The zero-order chi connectivity index (χ0) is 12.1. The van der Waals surface area contributed by atoms with Crippen LogP contribution < -0.4 is 4.74 Å². The summed E-state index contributed by atoms with van der Waals surface area (Å²) in [6, 6.07) is 3.53. The molecular weight excluding hydrogens is 295 g/mol. The topological polar surface area (TPSA) is 46.5 Å². The summed E-state index contributed by atoms with van der Waals surface area (Å²) in [5.74, 6) is -0.122. The molecule has 0 fully saturated rings. The number of carbonyl (C=O) groups is 1. The van der Waals surface area contributed by atoms with Crippen LogP contribution in [-0.4, -0.2) is 18.2 Å². The largest absolute Gasteiger partial charge is 0.496 e. The lowest BCUT2D eigenvalue weighted by Crippen LogP contribution is -1.97. The Hall–Kier alpha value is -0.740. The molecule has 0 radical (unpaired) electrons. The van der Waals surface area contributed by atoms with E-state index in [0.29, 0.717) is 23.6 Å². The molecule has 88 valence electrons. The van der Waals surface area contributed by atoms with Gasteiger partial charge in [-0.2, -0.15) is 0 Å². The molecule has 1 aromatic carbocycles. The van der Waals surface area contributed by atoms with E-state index in [1.807, 2.05) is 6.07 Å². The van der Waals surface area contributed by atoms with Crippen LogP contribution in [0.5, 0.6) is 5.75 Å². The van der Waals surface area contributed by atoms with Crippen molar-refractivity contribution in [1.29, 1.82) is 0 Å². The highest BCUT2D eigenvalue weighted by atomic mass is 79.9. The van der Waals surface area contributed by atoms with Crippen molar-refractivity contribution in [2.75, 3.05) is 7.11 Å². The lowest BCUT2D eigenvalue weighted by Gasteiger charge is -2.09. The summed E-state index contributed by atoms with van der Waals surface area (Å²) >= 11 is 9.34. The molecule has 0 aromatic heterocycles. The molecule has 1 N–H and O–H groups in total. The van der Waals surface area contributed by atoms with Crippen molar-refractivity contribution in [3.8, 4) is 5.75 Å². The van der Waals surface area contributed by atoms with Crippen LogP contribution in [0.2, 0.25) is 5.02 Å². The third-order valence-electron chi connectivity index (χ3n) is 2.14. The van der Waals surface area contributed by atoms with Gasteiger partial charge in [0.05, 0.1) is 11.6 Å². The van der Waals surface area contributed by atoms with Crippen LogP contribution in [-0.2, 0) is 11.2 Å². The summed E-state index contributed by atoms with van der Waals surface area (Å²) in [6.45, 7) is 0. The summed E-state index contributed by atoms with van der Waals surface area (Å²) in [7, 11) is 1.57. The number of methoxy groups -OCH3 is 1. The van der Waals surface area contributed by atoms with Gasteiger partial charge in [-0.3, -0.25) is 4.79 Å². The van der Waals surface area contributed by atoms with Crippen LogP contribution in [0.25, 0.3) is 0 Å². The van der Waals surface area contributed by atoms with Gasteiger partial charge in [0, 0.05) is 11.4 Å². The number of ether oxygens (including phenoxy) is 1. The van der Waals surface area contributed by atoms with E-state index >= 15 is 0 Å². The molecule has 0 aliphatic heterocycles. The molecule has 16 heavy (non-hydrogen) atoms. The highest BCUT2D eigenvalue weighted by Gasteiger charge is 2.09. The average molecular weight is 308 g/mol. The molecule has 0 unspecified atom stereocenters. The summed E-state index contributed by atoms with van der Waals surface area (Å²) < 4.78 is 5.98. The summed E-state index contributed by atoms with van der Waals surface area (Å²) in [5.41, 5.74) is 0.964. The molecule has 0 spiro atoms. The van der Waals surface area contributed by atoms with Crippen molar-refractivity contribution >= 4 is 33.5 Å². The fourth-order valence-corrected chi connectivity index (χ4v) is 2.20. The van der Waals surface area contributed by atoms with Crippen molar-refractivity contribution in [3.05, 3.63) is 27.2 Å². The van der Waals surface area contributed by atoms with Crippen LogP contribution in [0, 0.1) is 0 Å². The van der Waals surface area contributed by atoms with E-state index in [2.05, 4.69) is 15.9 Å². The molecule has 0 saturated carbocycles. The van der Waals surface area contributed by atoms with Gasteiger partial charge in [-0.25, -0.2) is 0 Å². The Balaban J connectivity index is 2.78. The Bertz CT molecular complexity index is 393. The molecule has 0 bridgehead atoms. The van der Waals surface area contributed by atoms with Crippen LogP contribution in [0.4, 0.5) is 0 Å². The standard InChI is InChI=1S/C11H12BrClO3/c1-16-9-6-8(13)5-7(11(9)12)3-2-4-10(14)15/h5-6H,2-4H2,1H3,(H,14,15). The molecular formula is C11H12BrClO3. The second kappa shape index (κ2) is 6.11. The van der Waals surface area contributed by atoms with Gasteiger partial charge in [0.25, 0.3) is 0 Å². The maximum absolute atomic E-state index is 10.4. The van der Waals surface area contributed by atoms with Gasteiger partial charge in [0.2, 0.25) is 0 Å². The molecule has 1 rings (SSSR count). The van der Waals surface area contributed by atoms with E-state index in [-0.39, 0.29) is 6.42 Å². The lowest BCUT2D eigenvalue weighted by molar-refractivity contribution is -0.137. The maximum Gasteiger partial charge on any atom is 0.303 e. The second-order valence-electron chi connectivity index (χ2n) is 3.33. The van der Waals surface area contributed by atoms with E-state index in [9.17, 15) is 4.79 Å². The van der Waals surface area contributed by atoms with Crippen molar-refractivity contribution in [1.82, 2.24) is 0 Å². The highest BCUT2D eigenvalue weighted by Crippen LogP contribution is 2.33. The SMILES string of the molecule is COc1cc(Cl)cc(CCCC(=O)O)c1Br. The number of halogens is 2. The minimum absolute atomic E-state index is 0.154. The first-order valence-electron chi connectivity index (χ1n) is 4.78. The third-order valence-corrected chi connectivity index (χ3v) is 3.25. The Labute approximate surface area is 107 Å². The smallest absolute Gasteiger partial charge is 0.303 e. The van der Waals surface area contributed by atoms with Crippen LogP contribution in [0.3, 0.4) is 0 Å². The van der Waals surface area contributed by atoms with Crippen LogP contribution in [0.1, 0.15) is 18.4 Å². The number of aliphatic carboxylic acids is 1. The van der Waals surface area contributed by atoms with E-state index in [1.54, 1.807) is 13.2 Å². The lowest BCUT2D eigenvalue weighted by atomic mass is 10.1. The van der Waals surface area contributed by atoms with Crippen LogP contribution >= 0.6 is 27.5 Å². The number of hydrogen-bond acceptors (Lipinski definition) is 2. The first-order chi connectivity index (χ1) is 7.54. The van der Waals surface area contributed by atoms with Gasteiger partial charge in [-0.1, -0.05) is 11.6 Å². The van der Waals surface area contributed by atoms with E-state index in [1.165, 1.54) is 0 Å². The first-order valence-corrected chi connectivity index (χ1v) is 5.95. The molecule has 3 nitrogen and oxygen atoms in total. The molecule has 0 saturated heterocycles. The van der Waals surface area contributed by atoms with Gasteiger partial charge >= 0.3 is 5.97 Å². The summed E-state index contributed by atoms with van der Waals surface area (Å²) in [4.78, 5) is 10.4. The molecule has 1 aromatic rings. The van der Waals surface area contributed by atoms with Gasteiger partial charge in [0.1, 0.15) is 5.75 Å². The van der Waals surface area contributed by atoms with E-state index in [0.717, 1.165) is 10.0 Å². The normalized spacial score (nSPS) is 10.2. The van der Waals surface area contributed by atoms with Gasteiger partial charge in [-0.05, 0) is 46.5 Å². The number of aryl methyl sites for hydroxylation is 1. The van der Waals surface area contributed by atoms with Crippen molar-refractivity contribution < 1.29 is 14.6 Å². The number of carboxylic acids is 1.